The number of nitrogens with zero attached hydrogens (tertiary/aromatic N) is 4. The zero-order valence-corrected chi connectivity index (χ0v) is 15.2. The van der Waals surface area contributed by atoms with Crippen LogP contribution < -0.4 is 5.32 Å². The van der Waals surface area contributed by atoms with E-state index >= 15 is 0 Å². The molecule has 1 N–H and O–H groups in total. The normalized spacial score (nSPS) is 13.6. The van der Waals surface area contributed by atoms with Gasteiger partial charge in [-0.25, -0.2) is 9.78 Å². The molecule has 3 aromatic heterocycles. The summed E-state index contributed by atoms with van der Waals surface area (Å²) in [5, 5.41) is 7.13. The van der Waals surface area contributed by atoms with Gasteiger partial charge in [-0.3, -0.25) is 0 Å². The van der Waals surface area contributed by atoms with Crippen molar-refractivity contribution >= 4 is 11.7 Å². The van der Waals surface area contributed by atoms with Crippen molar-refractivity contribution in [3.8, 4) is 0 Å². The van der Waals surface area contributed by atoms with E-state index in [4.69, 9.17) is 4.52 Å². The third-order valence-electron chi connectivity index (χ3n) is 4.99. The van der Waals surface area contributed by atoms with Gasteiger partial charge in [0.05, 0.1) is 25.0 Å². The fourth-order valence-corrected chi connectivity index (χ4v) is 3.50. The topological polar surface area (TPSA) is 75.7 Å². The summed E-state index contributed by atoms with van der Waals surface area (Å²) in [6.07, 6.45) is 8.01. The molecule has 26 heavy (non-hydrogen) atoms. The van der Waals surface area contributed by atoms with Gasteiger partial charge in [-0.15, -0.1) is 0 Å². The van der Waals surface area contributed by atoms with Crippen LogP contribution in [0.3, 0.4) is 0 Å². The number of fused-ring (bicyclic) bond motifs is 2. The van der Waals surface area contributed by atoms with E-state index in [1.807, 2.05) is 29.7 Å². The molecule has 7 heteroatoms. The van der Waals surface area contributed by atoms with Crippen molar-refractivity contribution in [3.63, 3.8) is 0 Å². The molecule has 1 aliphatic rings. The Morgan fingerprint density at radius 2 is 2.23 bits per heavy atom. The first-order chi connectivity index (χ1) is 12.6. The number of rotatable bonds is 4. The maximum atomic E-state index is 12.5. The predicted molar refractivity (Wildman–Crippen MR) is 96.8 cm³/mol. The number of imidazole rings is 1. The molecule has 0 unspecified atom stereocenters. The molecule has 1 aliphatic carbocycles. The monoisotopic (exact) mass is 353 g/mol. The molecule has 0 fully saturated rings. The van der Waals surface area contributed by atoms with Crippen LogP contribution in [0.15, 0.2) is 29.0 Å². The number of carbonyl (C=O) groups is 1. The van der Waals surface area contributed by atoms with E-state index in [2.05, 4.69) is 15.5 Å². The molecule has 4 rings (SSSR count). The van der Waals surface area contributed by atoms with Gasteiger partial charge in [0.25, 0.3) is 0 Å². The third-order valence-corrected chi connectivity index (χ3v) is 4.99. The van der Waals surface area contributed by atoms with Crippen LogP contribution in [0.5, 0.6) is 0 Å². The highest BCUT2D eigenvalue weighted by molar-refractivity contribution is 5.73. The summed E-state index contributed by atoms with van der Waals surface area (Å²) in [7, 11) is 1.78. The van der Waals surface area contributed by atoms with Crippen molar-refractivity contribution in [3.05, 3.63) is 52.8 Å². The Bertz CT molecular complexity index is 943. The van der Waals surface area contributed by atoms with Crippen LogP contribution in [0.1, 0.15) is 41.1 Å². The average Bonchev–Trinajstić information content (AvgIpc) is 3.25. The number of aryl methyl sites for hydroxylation is 2. The van der Waals surface area contributed by atoms with Gasteiger partial charge in [0.15, 0.2) is 0 Å². The van der Waals surface area contributed by atoms with E-state index in [1.165, 1.54) is 5.56 Å². The lowest BCUT2D eigenvalue weighted by Crippen LogP contribution is -2.36. The van der Waals surface area contributed by atoms with Gasteiger partial charge in [-0.1, -0.05) is 11.2 Å². The highest BCUT2D eigenvalue weighted by Gasteiger charge is 2.21. The summed E-state index contributed by atoms with van der Waals surface area (Å²) in [6.45, 7) is 2.90. The molecule has 3 heterocycles. The van der Waals surface area contributed by atoms with Crippen LogP contribution in [-0.4, -0.2) is 32.5 Å². The minimum atomic E-state index is -0.139. The SMILES string of the molecule is Cc1cccn2c(CNC(=O)N(C)Cc3noc4c3CCCC4)cnc12. The van der Waals surface area contributed by atoms with Crippen molar-refractivity contribution in [2.75, 3.05) is 7.05 Å². The van der Waals surface area contributed by atoms with E-state index in [9.17, 15) is 4.79 Å². The lowest BCUT2D eigenvalue weighted by molar-refractivity contribution is 0.205. The standard InChI is InChI=1S/C19H23N5O2/c1-13-6-5-9-24-14(10-20-18(13)24)11-21-19(25)23(2)12-16-15-7-3-4-8-17(15)26-22-16/h5-6,9-10H,3-4,7-8,11-12H2,1-2H3,(H,21,25). The third kappa shape index (κ3) is 3.05. The zero-order chi connectivity index (χ0) is 18.1. The number of hydrogen-bond donors (Lipinski definition) is 1. The molecule has 0 bridgehead atoms. The van der Waals surface area contributed by atoms with Gasteiger partial charge in [-0.2, -0.15) is 0 Å². The molecular weight excluding hydrogens is 330 g/mol. The Hall–Kier alpha value is -2.83. The average molecular weight is 353 g/mol. The molecule has 0 atom stereocenters. The fourth-order valence-electron chi connectivity index (χ4n) is 3.50. The smallest absolute Gasteiger partial charge is 0.317 e. The molecule has 0 saturated heterocycles. The van der Waals surface area contributed by atoms with Gasteiger partial charge >= 0.3 is 6.03 Å². The summed E-state index contributed by atoms with van der Waals surface area (Å²) in [5.41, 5.74) is 5.04. The second-order valence-corrected chi connectivity index (χ2v) is 6.89. The van der Waals surface area contributed by atoms with Gasteiger partial charge in [-0.05, 0) is 37.8 Å². The van der Waals surface area contributed by atoms with Crippen molar-refractivity contribution in [2.45, 2.75) is 45.7 Å². The molecule has 0 aliphatic heterocycles. The fraction of sp³-hybridized carbons (Fsp3) is 0.421. The number of carbonyl (C=O) groups excluding carboxylic acids is 1. The minimum absolute atomic E-state index is 0.139. The first kappa shape index (κ1) is 16.6. The maximum absolute atomic E-state index is 12.5. The summed E-state index contributed by atoms with van der Waals surface area (Å²) < 4.78 is 7.43. The van der Waals surface area contributed by atoms with Crippen LogP contribution in [0.4, 0.5) is 4.79 Å². The molecule has 0 spiro atoms. The summed E-state index contributed by atoms with van der Waals surface area (Å²) in [5.74, 6) is 0.987. The second kappa shape index (κ2) is 6.82. The molecular formula is C19H23N5O2. The maximum Gasteiger partial charge on any atom is 0.317 e. The number of aromatic nitrogens is 3. The Balaban J connectivity index is 1.40. The van der Waals surface area contributed by atoms with Crippen molar-refractivity contribution in [1.82, 2.24) is 24.8 Å². The minimum Gasteiger partial charge on any atom is -0.361 e. The van der Waals surface area contributed by atoms with Crippen molar-refractivity contribution < 1.29 is 9.32 Å². The highest BCUT2D eigenvalue weighted by Crippen LogP contribution is 2.24. The zero-order valence-electron chi connectivity index (χ0n) is 15.2. The van der Waals surface area contributed by atoms with Gasteiger partial charge in [0.2, 0.25) is 0 Å². The van der Waals surface area contributed by atoms with E-state index in [0.717, 1.165) is 54.0 Å². The summed E-state index contributed by atoms with van der Waals surface area (Å²) in [4.78, 5) is 18.5. The number of nitrogens with one attached hydrogen (secondary N) is 1. The number of pyridine rings is 1. The molecule has 2 amide bonds. The number of amides is 2. The lowest BCUT2D eigenvalue weighted by Gasteiger charge is -2.18. The molecule has 0 aromatic carbocycles. The Morgan fingerprint density at radius 1 is 1.38 bits per heavy atom. The van der Waals surface area contributed by atoms with Crippen LogP contribution in [0, 0.1) is 6.92 Å². The van der Waals surface area contributed by atoms with Crippen LogP contribution in [-0.2, 0) is 25.9 Å². The van der Waals surface area contributed by atoms with Crippen LogP contribution in [0.25, 0.3) is 5.65 Å². The highest BCUT2D eigenvalue weighted by atomic mass is 16.5. The first-order valence-electron chi connectivity index (χ1n) is 9.00. The van der Waals surface area contributed by atoms with Crippen molar-refractivity contribution in [1.29, 1.82) is 0 Å². The molecule has 7 nitrogen and oxygen atoms in total. The van der Waals surface area contributed by atoms with E-state index < -0.39 is 0 Å². The molecule has 3 aromatic rings. The number of urea groups is 1. The second-order valence-electron chi connectivity index (χ2n) is 6.89. The Morgan fingerprint density at radius 3 is 3.12 bits per heavy atom. The van der Waals surface area contributed by atoms with Crippen molar-refractivity contribution in [2.24, 2.45) is 0 Å². The summed E-state index contributed by atoms with van der Waals surface area (Å²) in [6, 6.07) is 3.87. The Kier molecular flexibility index (Phi) is 4.36. The molecule has 0 saturated carbocycles. The molecule has 0 radical (unpaired) electrons. The molecule has 136 valence electrons. The first-order valence-corrected chi connectivity index (χ1v) is 9.00. The quantitative estimate of drug-likeness (QED) is 0.782. The van der Waals surface area contributed by atoms with Crippen LogP contribution in [0.2, 0.25) is 0 Å². The van der Waals surface area contributed by atoms with Gasteiger partial charge in [0.1, 0.15) is 17.1 Å². The summed E-state index contributed by atoms with van der Waals surface area (Å²) >= 11 is 0. The van der Waals surface area contributed by atoms with E-state index in [-0.39, 0.29) is 6.03 Å². The van der Waals surface area contributed by atoms with Crippen LogP contribution >= 0.6 is 0 Å². The van der Waals surface area contributed by atoms with E-state index in [1.54, 1.807) is 18.1 Å². The number of hydrogen-bond acceptors (Lipinski definition) is 4. The largest absolute Gasteiger partial charge is 0.361 e. The van der Waals surface area contributed by atoms with Gasteiger partial charge in [0, 0.05) is 25.2 Å². The lowest BCUT2D eigenvalue weighted by atomic mass is 9.96. The predicted octanol–water partition coefficient (Wildman–Crippen LogP) is 2.85. The van der Waals surface area contributed by atoms with E-state index in [0.29, 0.717) is 13.1 Å². The Labute approximate surface area is 152 Å². The van der Waals surface area contributed by atoms with Gasteiger partial charge < -0.3 is 19.1 Å².